The largest absolute Gasteiger partial charge is 0.380 e. The second kappa shape index (κ2) is 7.27. The Morgan fingerprint density at radius 1 is 0.957 bits per heavy atom. The van der Waals surface area contributed by atoms with Crippen LogP contribution in [0.5, 0.6) is 0 Å². The third kappa shape index (κ3) is 3.98. The van der Waals surface area contributed by atoms with Crippen LogP contribution in [-0.2, 0) is 6.54 Å². The fourth-order valence-corrected chi connectivity index (χ4v) is 2.35. The number of hydrogen-bond acceptors (Lipinski definition) is 2. The zero-order valence-electron chi connectivity index (χ0n) is 12.7. The van der Waals surface area contributed by atoms with Crippen LogP contribution in [0, 0.1) is 0 Å². The Labute approximate surface area is 135 Å². The van der Waals surface area contributed by atoms with Crippen molar-refractivity contribution in [1.29, 1.82) is 0 Å². The summed E-state index contributed by atoms with van der Waals surface area (Å²) in [5.41, 5.74) is 3.61. The maximum atomic E-state index is 12.4. The van der Waals surface area contributed by atoms with Crippen molar-refractivity contribution in [2.24, 2.45) is 0 Å². The highest BCUT2D eigenvalue weighted by Crippen LogP contribution is 2.17. The summed E-state index contributed by atoms with van der Waals surface area (Å²) in [7, 11) is 0. The fraction of sp³-hybridized carbons (Fsp3) is 0.0500. The number of anilines is 1. The maximum absolute atomic E-state index is 12.4. The van der Waals surface area contributed by atoms with E-state index in [-0.39, 0.29) is 5.78 Å². The molecule has 3 nitrogen and oxygen atoms in total. The predicted molar refractivity (Wildman–Crippen MR) is 94.4 cm³/mol. The first-order chi connectivity index (χ1) is 11.3. The molecular formula is C20H18N2O. The van der Waals surface area contributed by atoms with Crippen LogP contribution >= 0.6 is 0 Å². The number of H-pyrrole nitrogens is 1. The first-order valence-corrected chi connectivity index (χ1v) is 7.55. The summed E-state index contributed by atoms with van der Waals surface area (Å²) in [6, 6.07) is 21.5. The first-order valence-electron chi connectivity index (χ1n) is 7.55. The van der Waals surface area contributed by atoms with Gasteiger partial charge in [-0.3, -0.25) is 4.79 Å². The Morgan fingerprint density at radius 3 is 2.52 bits per heavy atom. The summed E-state index contributed by atoms with van der Waals surface area (Å²) in [6.07, 6.45) is 5.21. The van der Waals surface area contributed by atoms with Gasteiger partial charge in [-0.25, -0.2) is 0 Å². The molecular weight excluding hydrogens is 284 g/mol. The van der Waals surface area contributed by atoms with Gasteiger partial charge in [-0.1, -0.05) is 42.5 Å². The zero-order chi connectivity index (χ0) is 15.9. The number of nitrogens with one attached hydrogen (secondary N) is 2. The average Bonchev–Trinajstić information content (AvgIpc) is 3.12. The second-order valence-corrected chi connectivity index (χ2v) is 5.21. The number of carbonyl (C=O) groups excluding carboxylic acids is 1. The van der Waals surface area contributed by atoms with Crippen molar-refractivity contribution in [3.63, 3.8) is 0 Å². The SMILES string of the molecule is O=C(/C=C/c1ccc[nH]1)c1ccccc1NCc1ccccc1. The van der Waals surface area contributed by atoms with Gasteiger partial charge in [0.2, 0.25) is 0 Å². The van der Waals surface area contributed by atoms with Gasteiger partial charge < -0.3 is 10.3 Å². The van der Waals surface area contributed by atoms with E-state index in [2.05, 4.69) is 22.4 Å². The fourth-order valence-electron chi connectivity index (χ4n) is 2.35. The minimum atomic E-state index is -0.0178. The third-order valence-corrected chi connectivity index (χ3v) is 3.55. The zero-order valence-corrected chi connectivity index (χ0v) is 12.7. The van der Waals surface area contributed by atoms with Crippen LogP contribution in [0.3, 0.4) is 0 Å². The molecule has 3 heteroatoms. The van der Waals surface area contributed by atoms with E-state index in [1.807, 2.05) is 60.8 Å². The minimum Gasteiger partial charge on any atom is -0.380 e. The number of aromatic nitrogens is 1. The van der Waals surface area contributed by atoms with E-state index in [1.165, 1.54) is 5.56 Å². The van der Waals surface area contributed by atoms with Crippen LogP contribution < -0.4 is 5.32 Å². The monoisotopic (exact) mass is 302 g/mol. The number of ketones is 1. The molecule has 3 aromatic rings. The Balaban J connectivity index is 1.73. The molecule has 3 rings (SSSR count). The summed E-state index contributed by atoms with van der Waals surface area (Å²) in [5, 5.41) is 3.34. The van der Waals surface area contributed by atoms with E-state index in [1.54, 1.807) is 12.2 Å². The van der Waals surface area contributed by atoms with Crippen molar-refractivity contribution in [3.8, 4) is 0 Å². The molecule has 1 aromatic heterocycles. The Bertz CT molecular complexity index is 790. The summed E-state index contributed by atoms with van der Waals surface area (Å²) in [6.45, 7) is 0.686. The molecule has 1 heterocycles. The lowest BCUT2D eigenvalue weighted by Gasteiger charge is -2.10. The number of rotatable bonds is 6. The number of allylic oxidation sites excluding steroid dienone is 1. The summed E-state index contributed by atoms with van der Waals surface area (Å²) in [5.74, 6) is -0.0178. The van der Waals surface area contributed by atoms with Crippen LogP contribution in [0.15, 0.2) is 79.0 Å². The molecule has 0 fully saturated rings. The molecule has 0 bridgehead atoms. The number of benzene rings is 2. The van der Waals surface area contributed by atoms with Crippen LogP contribution in [-0.4, -0.2) is 10.8 Å². The summed E-state index contributed by atoms with van der Waals surface area (Å²) < 4.78 is 0. The van der Waals surface area contributed by atoms with Crippen LogP contribution in [0.4, 0.5) is 5.69 Å². The molecule has 2 N–H and O–H groups in total. The van der Waals surface area contributed by atoms with Crippen molar-refractivity contribution in [3.05, 3.63) is 95.8 Å². The second-order valence-electron chi connectivity index (χ2n) is 5.21. The standard InChI is InChI=1S/C20H18N2O/c23-20(13-12-17-9-6-14-21-17)18-10-4-5-11-19(18)22-15-16-7-2-1-3-8-16/h1-14,21-22H,15H2/b13-12+. The highest BCUT2D eigenvalue weighted by Gasteiger charge is 2.07. The van der Waals surface area contributed by atoms with E-state index in [0.29, 0.717) is 12.1 Å². The van der Waals surface area contributed by atoms with Crippen LogP contribution in [0.25, 0.3) is 6.08 Å². The summed E-state index contributed by atoms with van der Waals surface area (Å²) in [4.78, 5) is 15.5. The van der Waals surface area contributed by atoms with Gasteiger partial charge in [0.25, 0.3) is 0 Å². The van der Waals surface area contributed by atoms with Gasteiger partial charge in [0.15, 0.2) is 5.78 Å². The van der Waals surface area contributed by atoms with Gasteiger partial charge in [0.1, 0.15) is 0 Å². The molecule has 0 aliphatic rings. The van der Waals surface area contributed by atoms with Crippen LogP contribution in [0.2, 0.25) is 0 Å². The quantitative estimate of drug-likeness (QED) is 0.519. The van der Waals surface area contributed by atoms with Gasteiger partial charge in [0, 0.05) is 29.7 Å². The smallest absolute Gasteiger partial charge is 0.187 e. The van der Waals surface area contributed by atoms with Gasteiger partial charge in [0.05, 0.1) is 0 Å². The van der Waals surface area contributed by atoms with Crippen molar-refractivity contribution >= 4 is 17.5 Å². The molecule has 0 spiro atoms. The average molecular weight is 302 g/mol. The highest BCUT2D eigenvalue weighted by molar-refractivity contribution is 6.10. The molecule has 0 radical (unpaired) electrons. The Kier molecular flexibility index (Phi) is 4.69. The minimum absolute atomic E-state index is 0.0178. The van der Waals surface area contributed by atoms with E-state index in [4.69, 9.17) is 0 Å². The van der Waals surface area contributed by atoms with E-state index < -0.39 is 0 Å². The molecule has 0 aliphatic heterocycles. The molecule has 0 amide bonds. The van der Waals surface area contributed by atoms with E-state index >= 15 is 0 Å². The van der Waals surface area contributed by atoms with E-state index in [9.17, 15) is 4.79 Å². The molecule has 2 aromatic carbocycles. The lowest BCUT2D eigenvalue weighted by Crippen LogP contribution is -2.05. The number of aromatic amines is 1. The first kappa shape index (κ1) is 14.9. The molecule has 0 aliphatic carbocycles. The van der Waals surface area contributed by atoms with Gasteiger partial charge in [-0.15, -0.1) is 0 Å². The molecule has 114 valence electrons. The van der Waals surface area contributed by atoms with Gasteiger partial charge in [-0.2, -0.15) is 0 Å². The van der Waals surface area contributed by atoms with E-state index in [0.717, 1.165) is 11.4 Å². The molecule has 0 atom stereocenters. The topological polar surface area (TPSA) is 44.9 Å². The van der Waals surface area contributed by atoms with Gasteiger partial charge >= 0.3 is 0 Å². The number of carbonyl (C=O) groups is 1. The molecule has 0 unspecified atom stereocenters. The molecule has 0 saturated carbocycles. The maximum Gasteiger partial charge on any atom is 0.187 e. The Hall–Kier alpha value is -3.07. The molecule has 23 heavy (non-hydrogen) atoms. The highest BCUT2D eigenvalue weighted by atomic mass is 16.1. The number of hydrogen-bond donors (Lipinski definition) is 2. The molecule has 0 saturated heterocycles. The summed E-state index contributed by atoms with van der Waals surface area (Å²) >= 11 is 0. The van der Waals surface area contributed by atoms with Crippen molar-refractivity contribution in [1.82, 2.24) is 4.98 Å². The van der Waals surface area contributed by atoms with Crippen molar-refractivity contribution in [2.75, 3.05) is 5.32 Å². The predicted octanol–water partition coefficient (Wildman–Crippen LogP) is 4.52. The van der Waals surface area contributed by atoms with Gasteiger partial charge in [-0.05, 0) is 42.0 Å². The van der Waals surface area contributed by atoms with Crippen molar-refractivity contribution in [2.45, 2.75) is 6.54 Å². The number of para-hydroxylation sites is 1. The lowest BCUT2D eigenvalue weighted by atomic mass is 10.1. The lowest BCUT2D eigenvalue weighted by molar-refractivity contribution is 0.104. The Morgan fingerprint density at radius 2 is 1.74 bits per heavy atom. The third-order valence-electron chi connectivity index (χ3n) is 3.55. The van der Waals surface area contributed by atoms with Crippen molar-refractivity contribution < 1.29 is 4.79 Å². The normalized spacial score (nSPS) is 10.8. The van der Waals surface area contributed by atoms with Crippen LogP contribution in [0.1, 0.15) is 21.6 Å².